The number of nitro groups is 1. The van der Waals surface area contributed by atoms with Gasteiger partial charge < -0.3 is 10.1 Å². The third-order valence-electron chi connectivity index (χ3n) is 3.61. The SMILES string of the molecule is O=C(N/N=C/c1ccccc1[N+](=O)[O-])Nc1ccccc1Oc1ccccc1. The molecule has 28 heavy (non-hydrogen) atoms. The van der Waals surface area contributed by atoms with E-state index in [9.17, 15) is 14.9 Å². The molecule has 140 valence electrons. The van der Waals surface area contributed by atoms with Crippen LogP contribution in [-0.4, -0.2) is 17.2 Å². The normalized spacial score (nSPS) is 10.4. The monoisotopic (exact) mass is 376 g/mol. The number of hydrogen-bond acceptors (Lipinski definition) is 5. The number of benzene rings is 3. The molecule has 0 atom stereocenters. The molecule has 3 rings (SSSR count). The van der Waals surface area contributed by atoms with Gasteiger partial charge in [0.2, 0.25) is 0 Å². The maximum Gasteiger partial charge on any atom is 0.339 e. The minimum atomic E-state index is -0.612. The van der Waals surface area contributed by atoms with Crippen LogP contribution in [0.3, 0.4) is 0 Å². The number of hydrazone groups is 1. The van der Waals surface area contributed by atoms with Crippen molar-refractivity contribution in [3.8, 4) is 11.5 Å². The van der Waals surface area contributed by atoms with Crippen LogP contribution >= 0.6 is 0 Å². The second kappa shape index (κ2) is 8.95. The van der Waals surface area contributed by atoms with Gasteiger partial charge in [0.25, 0.3) is 5.69 Å². The van der Waals surface area contributed by atoms with Crippen LogP contribution in [0, 0.1) is 10.1 Å². The van der Waals surface area contributed by atoms with Crippen LogP contribution in [0.4, 0.5) is 16.2 Å². The van der Waals surface area contributed by atoms with E-state index in [1.807, 2.05) is 18.2 Å². The van der Waals surface area contributed by atoms with Crippen LogP contribution in [-0.2, 0) is 0 Å². The highest BCUT2D eigenvalue weighted by Gasteiger charge is 2.11. The number of carbonyl (C=O) groups excluding carboxylic acids is 1. The Balaban J connectivity index is 1.65. The molecule has 0 heterocycles. The Morgan fingerprint density at radius 1 is 0.964 bits per heavy atom. The first-order chi connectivity index (χ1) is 13.6. The summed E-state index contributed by atoms with van der Waals surface area (Å²) in [5.41, 5.74) is 2.90. The zero-order valence-corrected chi connectivity index (χ0v) is 14.6. The topological polar surface area (TPSA) is 106 Å². The predicted molar refractivity (Wildman–Crippen MR) is 106 cm³/mol. The molecule has 3 aromatic rings. The van der Waals surface area contributed by atoms with Crippen molar-refractivity contribution in [1.29, 1.82) is 0 Å². The van der Waals surface area contributed by atoms with Crippen LogP contribution in [0.15, 0.2) is 84.0 Å². The molecule has 0 fully saturated rings. The van der Waals surface area contributed by atoms with Gasteiger partial charge in [-0.15, -0.1) is 0 Å². The average Bonchev–Trinajstić information content (AvgIpc) is 2.70. The molecule has 0 aliphatic rings. The van der Waals surface area contributed by atoms with Crippen LogP contribution in [0.5, 0.6) is 11.5 Å². The minimum absolute atomic E-state index is 0.102. The first-order valence-electron chi connectivity index (χ1n) is 8.29. The van der Waals surface area contributed by atoms with E-state index in [0.29, 0.717) is 17.2 Å². The van der Waals surface area contributed by atoms with Gasteiger partial charge in [0.15, 0.2) is 5.75 Å². The van der Waals surface area contributed by atoms with Gasteiger partial charge in [-0.2, -0.15) is 5.10 Å². The smallest absolute Gasteiger partial charge is 0.339 e. The fourth-order valence-electron chi connectivity index (χ4n) is 2.35. The fraction of sp³-hybridized carbons (Fsp3) is 0. The molecule has 3 aromatic carbocycles. The maximum atomic E-state index is 12.1. The van der Waals surface area contributed by atoms with Crippen molar-refractivity contribution < 1.29 is 14.5 Å². The molecule has 0 bridgehead atoms. The lowest BCUT2D eigenvalue weighted by molar-refractivity contribution is -0.385. The standard InChI is InChI=1S/C20H16N4O4/c25-20(23-21-14-15-8-4-6-12-18(15)24(26)27)22-17-11-5-7-13-19(17)28-16-9-2-1-3-10-16/h1-14H,(H2,22,23,25)/b21-14+. The molecule has 0 saturated carbocycles. The van der Waals surface area contributed by atoms with Crippen LogP contribution in [0.1, 0.15) is 5.56 Å². The number of para-hydroxylation sites is 4. The number of ether oxygens (including phenoxy) is 1. The predicted octanol–water partition coefficient (Wildman–Crippen LogP) is 4.54. The number of hydrogen-bond donors (Lipinski definition) is 2. The average molecular weight is 376 g/mol. The van der Waals surface area contributed by atoms with E-state index in [2.05, 4.69) is 15.8 Å². The molecular formula is C20H16N4O4. The Morgan fingerprint density at radius 2 is 1.64 bits per heavy atom. The summed E-state index contributed by atoms with van der Waals surface area (Å²) in [5, 5.41) is 17.4. The van der Waals surface area contributed by atoms with Gasteiger partial charge in [-0.25, -0.2) is 10.2 Å². The lowest BCUT2D eigenvalue weighted by Gasteiger charge is -2.11. The second-order valence-electron chi connectivity index (χ2n) is 5.55. The number of nitrogens with one attached hydrogen (secondary N) is 2. The van der Waals surface area contributed by atoms with E-state index in [1.54, 1.807) is 48.5 Å². The minimum Gasteiger partial charge on any atom is -0.455 e. The lowest BCUT2D eigenvalue weighted by atomic mass is 10.2. The van der Waals surface area contributed by atoms with Crippen molar-refractivity contribution in [2.24, 2.45) is 5.10 Å². The summed E-state index contributed by atoms with van der Waals surface area (Å²) in [5.74, 6) is 1.10. The van der Waals surface area contributed by atoms with Crippen molar-refractivity contribution >= 4 is 23.6 Å². The third kappa shape index (κ3) is 4.92. The van der Waals surface area contributed by atoms with Gasteiger partial charge in [0.1, 0.15) is 5.75 Å². The molecule has 0 aliphatic carbocycles. The summed E-state index contributed by atoms with van der Waals surface area (Å²) < 4.78 is 5.77. The Kier molecular flexibility index (Phi) is 5.94. The molecule has 0 aliphatic heterocycles. The molecule has 2 N–H and O–H groups in total. The van der Waals surface area contributed by atoms with Gasteiger partial charge in [-0.05, 0) is 30.3 Å². The Morgan fingerprint density at radius 3 is 2.43 bits per heavy atom. The Hall–Kier alpha value is -4.20. The molecule has 0 unspecified atom stereocenters. The first kappa shape index (κ1) is 18.6. The van der Waals surface area contributed by atoms with E-state index in [-0.39, 0.29) is 11.3 Å². The highest BCUT2D eigenvalue weighted by atomic mass is 16.6. The highest BCUT2D eigenvalue weighted by Crippen LogP contribution is 2.28. The summed E-state index contributed by atoms with van der Waals surface area (Å²) in [6.07, 6.45) is 1.21. The molecule has 8 nitrogen and oxygen atoms in total. The molecule has 0 spiro atoms. The van der Waals surface area contributed by atoms with Crippen molar-refractivity contribution in [2.75, 3.05) is 5.32 Å². The third-order valence-corrected chi connectivity index (χ3v) is 3.61. The van der Waals surface area contributed by atoms with E-state index in [0.717, 1.165) is 0 Å². The van der Waals surface area contributed by atoms with Crippen molar-refractivity contribution in [1.82, 2.24) is 5.43 Å². The maximum absolute atomic E-state index is 12.1. The van der Waals surface area contributed by atoms with Crippen molar-refractivity contribution in [3.63, 3.8) is 0 Å². The van der Waals surface area contributed by atoms with Crippen molar-refractivity contribution in [3.05, 3.63) is 94.5 Å². The van der Waals surface area contributed by atoms with Gasteiger partial charge in [0.05, 0.1) is 22.4 Å². The van der Waals surface area contributed by atoms with E-state index in [1.165, 1.54) is 18.3 Å². The molecule has 0 saturated heterocycles. The summed E-state index contributed by atoms with van der Waals surface area (Å²) in [6.45, 7) is 0. The number of nitro benzene ring substituents is 1. The molecule has 0 aromatic heterocycles. The Labute approximate surface area is 160 Å². The number of carbonyl (C=O) groups is 1. The summed E-state index contributed by atoms with van der Waals surface area (Å²) in [6, 6.07) is 21.6. The summed E-state index contributed by atoms with van der Waals surface area (Å²) >= 11 is 0. The number of rotatable bonds is 6. The van der Waals surface area contributed by atoms with E-state index >= 15 is 0 Å². The van der Waals surface area contributed by atoms with Crippen molar-refractivity contribution in [2.45, 2.75) is 0 Å². The highest BCUT2D eigenvalue weighted by molar-refractivity contribution is 5.92. The quantitative estimate of drug-likeness (QED) is 0.374. The fourth-order valence-corrected chi connectivity index (χ4v) is 2.35. The van der Waals surface area contributed by atoms with Crippen LogP contribution in [0.2, 0.25) is 0 Å². The van der Waals surface area contributed by atoms with E-state index in [4.69, 9.17) is 4.74 Å². The first-order valence-corrected chi connectivity index (χ1v) is 8.29. The molecular weight excluding hydrogens is 360 g/mol. The second-order valence-corrected chi connectivity index (χ2v) is 5.55. The van der Waals surface area contributed by atoms with Crippen LogP contribution in [0.25, 0.3) is 0 Å². The van der Waals surface area contributed by atoms with Gasteiger partial charge in [0, 0.05) is 6.07 Å². The van der Waals surface area contributed by atoms with Gasteiger partial charge in [-0.3, -0.25) is 10.1 Å². The number of urea groups is 1. The van der Waals surface area contributed by atoms with Gasteiger partial charge >= 0.3 is 6.03 Å². The Bertz CT molecular complexity index is 1010. The van der Waals surface area contributed by atoms with Crippen LogP contribution < -0.4 is 15.5 Å². The molecule has 0 radical (unpaired) electrons. The number of anilines is 1. The largest absolute Gasteiger partial charge is 0.455 e. The van der Waals surface area contributed by atoms with Gasteiger partial charge in [-0.1, -0.05) is 42.5 Å². The lowest BCUT2D eigenvalue weighted by Crippen LogP contribution is -2.24. The zero-order valence-electron chi connectivity index (χ0n) is 14.6. The molecule has 8 heteroatoms. The molecule has 2 amide bonds. The summed E-state index contributed by atoms with van der Waals surface area (Å²) in [7, 11) is 0. The zero-order chi connectivity index (χ0) is 19.8. The number of amides is 2. The summed E-state index contributed by atoms with van der Waals surface area (Å²) in [4.78, 5) is 22.6. The number of nitrogens with zero attached hydrogens (tertiary/aromatic N) is 2. The van der Waals surface area contributed by atoms with E-state index < -0.39 is 11.0 Å².